The van der Waals surface area contributed by atoms with E-state index < -0.39 is 10.0 Å². The van der Waals surface area contributed by atoms with E-state index in [-0.39, 0.29) is 5.75 Å². The van der Waals surface area contributed by atoms with Gasteiger partial charge in [-0.05, 0) is 49.4 Å². The van der Waals surface area contributed by atoms with Crippen LogP contribution in [0, 0.1) is 5.92 Å². The zero-order chi connectivity index (χ0) is 12.3. The predicted molar refractivity (Wildman–Crippen MR) is 69.3 cm³/mol. The number of hydrogen-bond donors (Lipinski definition) is 2. The van der Waals surface area contributed by atoms with Gasteiger partial charge in [-0.2, -0.15) is 0 Å². The molecule has 94 valence electrons. The lowest BCUT2D eigenvalue weighted by Crippen LogP contribution is -2.17. The van der Waals surface area contributed by atoms with Crippen LogP contribution in [0.2, 0.25) is 0 Å². The molecule has 1 aliphatic carbocycles. The quantitative estimate of drug-likeness (QED) is 0.804. The topological polar surface area (TPSA) is 72.2 Å². The van der Waals surface area contributed by atoms with Crippen molar-refractivity contribution in [1.82, 2.24) is 0 Å². The van der Waals surface area contributed by atoms with Crippen LogP contribution >= 0.6 is 0 Å². The summed E-state index contributed by atoms with van der Waals surface area (Å²) in [5.41, 5.74) is 7.20. The lowest BCUT2D eigenvalue weighted by molar-refractivity contribution is 0.597. The number of anilines is 1. The van der Waals surface area contributed by atoms with E-state index in [9.17, 15) is 8.42 Å². The Morgan fingerprint density at radius 3 is 2.41 bits per heavy atom. The molecule has 0 bridgehead atoms. The van der Waals surface area contributed by atoms with Crippen molar-refractivity contribution in [3.05, 3.63) is 29.8 Å². The van der Waals surface area contributed by atoms with Crippen LogP contribution in [0.3, 0.4) is 0 Å². The van der Waals surface area contributed by atoms with Gasteiger partial charge in [0.2, 0.25) is 10.0 Å². The first-order chi connectivity index (χ1) is 8.09. The molecule has 4 nitrogen and oxygen atoms in total. The Hall–Kier alpha value is -1.07. The normalized spacial score (nSPS) is 15.8. The van der Waals surface area contributed by atoms with Crippen LogP contribution in [-0.2, 0) is 16.4 Å². The molecule has 0 saturated heterocycles. The second-order valence-corrected chi connectivity index (χ2v) is 6.33. The molecule has 3 N–H and O–H groups in total. The van der Waals surface area contributed by atoms with Gasteiger partial charge in [0.05, 0.1) is 5.75 Å². The molecule has 2 rings (SSSR count). The van der Waals surface area contributed by atoms with E-state index in [1.54, 1.807) is 12.1 Å². The van der Waals surface area contributed by atoms with E-state index in [0.29, 0.717) is 18.2 Å². The molecular weight excluding hydrogens is 236 g/mol. The van der Waals surface area contributed by atoms with Crippen molar-refractivity contribution in [3.63, 3.8) is 0 Å². The molecule has 0 unspecified atom stereocenters. The third-order valence-electron chi connectivity index (χ3n) is 2.81. The van der Waals surface area contributed by atoms with Crippen LogP contribution in [0.4, 0.5) is 5.69 Å². The first kappa shape index (κ1) is 12.4. The highest BCUT2D eigenvalue weighted by Gasteiger charge is 2.27. The first-order valence-electron chi connectivity index (χ1n) is 5.88. The summed E-state index contributed by atoms with van der Waals surface area (Å²) in [6.07, 6.45) is 2.89. The zero-order valence-corrected chi connectivity index (χ0v) is 10.5. The minimum atomic E-state index is -3.17. The Morgan fingerprint density at radius 2 is 1.88 bits per heavy atom. The molecule has 0 atom stereocenters. The van der Waals surface area contributed by atoms with E-state index in [4.69, 9.17) is 5.73 Å². The van der Waals surface area contributed by atoms with E-state index in [2.05, 4.69) is 4.72 Å². The van der Waals surface area contributed by atoms with Crippen LogP contribution in [0.25, 0.3) is 0 Å². The maximum atomic E-state index is 11.7. The van der Waals surface area contributed by atoms with Gasteiger partial charge < -0.3 is 5.73 Å². The highest BCUT2D eigenvalue weighted by atomic mass is 32.2. The molecule has 5 heteroatoms. The fraction of sp³-hybridized carbons (Fsp3) is 0.500. The number of hydrogen-bond acceptors (Lipinski definition) is 3. The van der Waals surface area contributed by atoms with Crippen LogP contribution in [0.5, 0.6) is 0 Å². The highest BCUT2D eigenvalue weighted by molar-refractivity contribution is 7.92. The summed E-state index contributed by atoms with van der Waals surface area (Å²) in [4.78, 5) is 0. The molecule has 1 saturated carbocycles. The molecule has 0 amide bonds. The number of nitrogens with two attached hydrogens (primary N) is 1. The van der Waals surface area contributed by atoms with E-state index in [0.717, 1.165) is 24.8 Å². The van der Waals surface area contributed by atoms with Crippen molar-refractivity contribution in [2.45, 2.75) is 19.3 Å². The third-order valence-corrected chi connectivity index (χ3v) is 4.27. The van der Waals surface area contributed by atoms with Gasteiger partial charge >= 0.3 is 0 Å². The van der Waals surface area contributed by atoms with Crippen molar-refractivity contribution in [3.8, 4) is 0 Å². The van der Waals surface area contributed by atoms with Crippen LogP contribution < -0.4 is 10.5 Å². The third kappa shape index (κ3) is 4.02. The van der Waals surface area contributed by atoms with Gasteiger partial charge in [0, 0.05) is 5.69 Å². The average Bonchev–Trinajstić information content (AvgIpc) is 3.04. The summed E-state index contributed by atoms with van der Waals surface area (Å²) < 4.78 is 26.1. The maximum Gasteiger partial charge on any atom is 0.232 e. The molecule has 0 spiro atoms. The molecule has 1 fully saturated rings. The van der Waals surface area contributed by atoms with Gasteiger partial charge in [-0.1, -0.05) is 12.1 Å². The van der Waals surface area contributed by atoms with Gasteiger partial charge in [0.15, 0.2) is 0 Å². The largest absolute Gasteiger partial charge is 0.330 e. The van der Waals surface area contributed by atoms with Crippen molar-refractivity contribution >= 4 is 15.7 Å². The summed E-state index contributed by atoms with van der Waals surface area (Å²) in [6, 6.07) is 7.38. The van der Waals surface area contributed by atoms with Crippen LogP contribution in [0.1, 0.15) is 18.4 Å². The Kier molecular flexibility index (Phi) is 3.69. The van der Waals surface area contributed by atoms with Crippen molar-refractivity contribution in [2.75, 3.05) is 17.0 Å². The van der Waals surface area contributed by atoms with Crippen LogP contribution in [-0.4, -0.2) is 20.7 Å². The molecule has 1 aliphatic rings. The summed E-state index contributed by atoms with van der Waals surface area (Å²) in [5, 5.41) is 0. The minimum absolute atomic E-state index is 0.248. The van der Waals surface area contributed by atoms with Crippen molar-refractivity contribution in [2.24, 2.45) is 11.7 Å². The predicted octanol–water partition coefficient (Wildman–Crippen LogP) is 1.34. The van der Waals surface area contributed by atoms with Gasteiger partial charge in [0.25, 0.3) is 0 Å². The second kappa shape index (κ2) is 5.06. The molecule has 0 aromatic heterocycles. The minimum Gasteiger partial charge on any atom is -0.330 e. The van der Waals surface area contributed by atoms with E-state index in [1.165, 1.54) is 0 Å². The first-order valence-corrected chi connectivity index (χ1v) is 7.54. The Balaban J connectivity index is 1.97. The molecule has 0 heterocycles. The zero-order valence-electron chi connectivity index (χ0n) is 9.72. The van der Waals surface area contributed by atoms with Crippen molar-refractivity contribution < 1.29 is 8.42 Å². The molecule has 0 radical (unpaired) electrons. The average molecular weight is 254 g/mol. The maximum absolute atomic E-state index is 11.7. The van der Waals surface area contributed by atoms with E-state index >= 15 is 0 Å². The molecule has 1 aromatic rings. The van der Waals surface area contributed by atoms with Crippen LogP contribution in [0.15, 0.2) is 24.3 Å². The molecule has 0 aliphatic heterocycles. The fourth-order valence-electron chi connectivity index (χ4n) is 1.72. The summed E-state index contributed by atoms with van der Waals surface area (Å²) in [7, 11) is -3.17. The Bertz CT molecular complexity index is 464. The lowest BCUT2D eigenvalue weighted by atomic mass is 10.1. The second-order valence-electron chi connectivity index (χ2n) is 4.56. The molecule has 1 aromatic carbocycles. The number of nitrogens with one attached hydrogen (secondary N) is 1. The van der Waals surface area contributed by atoms with Gasteiger partial charge in [0.1, 0.15) is 0 Å². The number of sulfonamides is 1. The smallest absolute Gasteiger partial charge is 0.232 e. The summed E-state index contributed by atoms with van der Waals surface area (Å²) in [5.74, 6) is 0.612. The fourth-order valence-corrected chi connectivity index (χ4v) is 3.25. The molecular formula is C12H18N2O2S. The van der Waals surface area contributed by atoms with E-state index in [1.807, 2.05) is 12.1 Å². The van der Waals surface area contributed by atoms with Gasteiger partial charge in [-0.15, -0.1) is 0 Å². The monoisotopic (exact) mass is 254 g/mol. The number of rotatable bonds is 6. The highest BCUT2D eigenvalue weighted by Crippen LogP contribution is 2.30. The Labute approximate surface area is 102 Å². The summed E-state index contributed by atoms with van der Waals surface area (Å²) >= 11 is 0. The Morgan fingerprint density at radius 1 is 1.24 bits per heavy atom. The molecule has 17 heavy (non-hydrogen) atoms. The lowest BCUT2D eigenvalue weighted by Gasteiger charge is -2.08. The van der Waals surface area contributed by atoms with Crippen molar-refractivity contribution in [1.29, 1.82) is 0 Å². The number of benzene rings is 1. The summed E-state index contributed by atoms with van der Waals surface area (Å²) in [6.45, 7) is 0.604. The standard InChI is InChI=1S/C12H18N2O2S/c13-8-7-10-3-5-12(6-4-10)14-17(15,16)9-11-1-2-11/h3-6,11,14H,1-2,7-9,13H2. The SMILES string of the molecule is NCCc1ccc(NS(=O)(=O)CC2CC2)cc1. The van der Waals surface area contributed by atoms with Gasteiger partial charge in [-0.25, -0.2) is 8.42 Å². The van der Waals surface area contributed by atoms with Gasteiger partial charge in [-0.3, -0.25) is 4.72 Å².